The highest BCUT2D eigenvalue weighted by molar-refractivity contribution is 6.99. The van der Waals surface area contributed by atoms with Crippen molar-refractivity contribution >= 4 is 96.1 Å². The minimum Gasteiger partial charge on any atom is -0.458 e. The molecule has 0 N–H and O–H groups in total. The third-order valence-electron chi connectivity index (χ3n) is 15.6. The predicted octanol–water partition coefficient (Wildman–Crippen LogP) is 17.5. The minimum atomic E-state index is -0.201. The molecule has 5 nitrogen and oxygen atoms in total. The molecule has 3 heterocycles. The standard InChI is InChI=1S/C72H49BN4O/c1-7-24-50(25-8-1)59-38-23-39-60(51-26-9-2-10-27-51)72(59)77-67-46-56(74(52-28-11-3-12-29-52)53-30-13-4-14-31-53)42-44-63(67)73-64-45-43-57(75(54-32-15-5-16-33-54)55-34-17-6-18-35-55)48-69(64)78-70-49-58(47-68(77)71(70)73)76-65-40-21-19-36-61(65)62-37-20-22-41-66(62)76/h1-49H. The molecule has 0 amide bonds. The Morgan fingerprint density at radius 2 is 0.756 bits per heavy atom. The Morgan fingerprint density at radius 1 is 0.321 bits per heavy atom. The lowest BCUT2D eigenvalue weighted by Gasteiger charge is -2.42. The van der Waals surface area contributed by atoms with Gasteiger partial charge in [0.1, 0.15) is 11.5 Å². The lowest BCUT2D eigenvalue weighted by atomic mass is 9.34. The lowest BCUT2D eigenvalue weighted by Crippen LogP contribution is -2.59. The van der Waals surface area contributed by atoms with E-state index in [4.69, 9.17) is 4.74 Å². The van der Waals surface area contributed by atoms with Crippen LogP contribution in [0.1, 0.15) is 0 Å². The smallest absolute Gasteiger partial charge is 0.256 e. The van der Waals surface area contributed by atoms with Gasteiger partial charge in [0.15, 0.2) is 0 Å². The number of nitrogens with zero attached hydrogens (tertiary/aromatic N) is 4. The fourth-order valence-electron chi connectivity index (χ4n) is 12.2. The summed E-state index contributed by atoms with van der Waals surface area (Å²) in [5, 5.41) is 2.40. The summed E-state index contributed by atoms with van der Waals surface area (Å²) in [6.45, 7) is -0.201. The number of fused-ring (bicyclic) bond motifs is 7. The van der Waals surface area contributed by atoms with Crippen LogP contribution in [0.5, 0.6) is 11.5 Å². The molecule has 0 saturated heterocycles. The predicted molar refractivity (Wildman–Crippen MR) is 327 cm³/mol. The van der Waals surface area contributed by atoms with Crippen molar-refractivity contribution in [1.29, 1.82) is 0 Å². The van der Waals surface area contributed by atoms with Crippen molar-refractivity contribution in [1.82, 2.24) is 4.57 Å². The van der Waals surface area contributed by atoms with Gasteiger partial charge in [0.25, 0.3) is 6.71 Å². The molecule has 366 valence electrons. The van der Waals surface area contributed by atoms with E-state index in [0.717, 1.165) is 113 Å². The molecule has 6 heteroatoms. The van der Waals surface area contributed by atoms with E-state index in [9.17, 15) is 0 Å². The Balaban J connectivity index is 1.06. The number of rotatable bonds is 10. The number of hydrogen-bond donors (Lipinski definition) is 0. The molecule has 13 aromatic rings. The molecule has 0 atom stereocenters. The molecular formula is C72H49BN4O. The van der Waals surface area contributed by atoms with E-state index in [1.165, 1.54) is 16.2 Å². The molecule has 0 radical (unpaired) electrons. The molecule has 15 rings (SSSR count). The molecule has 1 aromatic heterocycles. The first-order chi connectivity index (χ1) is 38.7. The summed E-state index contributed by atoms with van der Waals surface area (Å²) in [4.78, 5) is 7.26. The van der Waals surface area contributed by atoms with Crippen molar-refractivity contribution in [2.75, 3.05) is 14.7 Å². The zero-order valence-electron chi connectivity index (χ0n) is 42.6. The summed E-state index contributed by atoms with van der Waals surface area (Å²) < 4.78 is 10.0. The number of hydrogen-bond acceptors (Lipinski definition) is 4. The van der Waals surface area contributed by atoms with Gasteiger partial charge in [-0.3, -0.25) is 0 Å². The fraction of sp³-hybridized carbons (Fsp3) is 0. The fourth-order valence-corrected chi connectivity index (χ4v) is 12.2. The van der Waals surface area contributed by atoms with Crippen molar-refractivity contribution < 1.29 is 4.74 Å². The van der Waals surface area contributed by atoms with Gasteiger partial charge in [0.2, 0.25) is 0 Å². The van der Waals surface area contributed by atoms with Crippen LogP contribution in [0.3, 0.4) is 0 Å². The minimum absolute atomic E-state index is 0.201. The van der Waals surface area contributed by atoms with E-state index in [-0.39, 0.29) is 6.71 Å². The Kier molecular flexibility index (Phi) is 10.9. The first kappa shape index (κ1) is 45.1. The van der Waals surface area contributed by atoms with Crippen LogP contribution in [0.2, 0.25) is 0 Å². The molecule has 2 aliphatic rings. The van der Waals surface area contributed by atoms with Gasteiger partial charge in [-0.05, 0) is 112 Å². The number of benzene rings is 12. The van der Waals surface area contributed by atoms with Crippen LogP contribution in [-0.2, 0) is 0 Å². The SMILES string of the molecule is c1ccc(-c2cccc(-c3ccccc3)c2N2c3cc(N(c4ccccc4)c4ccccc4)ccc3B3c4ccc(N(c5ccccc5)c5ccccc5)cc4Oc4cc(-n5c6ccccc6c6ccccc65)cc2c43)cc1. The second kappa shape index (κ2) is 18.8. The second-order valence-corrected chi connectivity index (χ2v) is 20.0. The van der Waals surface area contributed by atoms with Gasteiger partial charge in [-0.25, -0.2) is 0 Å². The van der Waals surface area contributed by atoms with E-state index in [0.29, 0.717) is 0 Å². The summed E-state index contributed by atoms with van der Waals surface area (Å²) >= 11 is 0. The lowest BCUT2D eigenvalue weighted by molar-refractivity contribution is 0.487. The Morgan fingerprint density at radius 3 is 1.26 bits per heavy atom. The van der Waals surface area contributed by atoms with E-state index < -0.39 is 0 Å². The van der Waals surface area contributed by atoms with Crippen LogP contribution in [-0.4, -0.2) is 11.3 Å². The summed E-state index contributed by atoms with van der Waals surface area (Å²) in [5.41, 5.74) is 20.7. The van der Waals surface area contributed by atoms with Crippen molar-refractivity contribution in [2.45, 2.75) is 0 Å². The van der Waals surface area contributed by atoms with E-state index in [1.54, 1.807) is 0 Å². The average Bonchev–Trinajstić information content (AvgIpc) is 3.93. The van der Waals surface area contributed by atoms with Crippen molar-refractivity contribution in [3.8, 4) is 39.4 Å². The van der Waals surface area contributed by atoms with Gasteiger partial charge >= 0.3 is 0 Å². The van der Waals surface area contributed by atoms with Gasteiger partial charge in [0.05, 0.1) is 22.4 Å². The first-order valence-corrected chi connectivity index (χ1v) is 26.7. The van der Waals surface area contributed by atoms with Gasteiger partial charge in [-0.1, -0.05) is 200 Å². The molecule has 0 bridgehead atoms. The Labute approximate surface area is 454 Å². The number of para-hydroxylation sites is 7. The van der Waals surface area contributed by atoms with Gasteiger partial charge in [-0.2, -0.15) is 0 Å². The van der Waals surface area contributed by atoms with E-state index in [1.807, 2.05) is 0 Å². The molecular weight excluding hydrogens is 948 g/mol. The van der Waals surface area contributed by atoms with E-state index >= 15 is 0 Å². The molecule has 0 spiro atoms. The maximum Gasteiger partial charge on any atom is 0.256 e. The molecule has 0 fully saturated rings. The van der Waals surface area contributed by atoms with Crippen molar-refractivity contribution in [3.05, 3.63) is 297 Å². The van der Waals surface area contributed by atoms with Crippen molar-refractivity contribution in [3.63, 3.8) is 0 Å². The molecule has 0 saturated carbocycles. The highest BCUT2D eigenvalue weighted by Gasteiger charge is 2.44. The number of anilines is 9. The summed E-state index contributed by atoms with van der Waals surface area (Å²) in [5.74, 6) is 1.64. The van der Waals surface area contributed by atoms with Crippen LogP contribution >= 0.6 is 0 Å². The van der Waals surface area contributed by atoms with Gasteiger partial charge < -0.3 is 24.0 Å². The van der Waals surface area contributed by atoms with Crippen molar-refractivity contribution in [2.24, 2.45) is 0 Å². The molecule has 78 heavy (non-hydrogen) atoms. The molecule has 2 aliphatic heterocycles. The summed E-state index contributed by atoms with van der Waals surface area (Å²) in [7, 11) is 0. The van der Waals surface area contributed by atoms with Crippen LogP contribution in [0.15, 0.2) is 297 Å². The topological polar surface area (TPSA) is 23.9 Å². The normalized spacial score (nSPS) is 12.2. The average molecular weight is 997 g/mol. The maximum absolute atomic E-state index is 7.58. The summed E-state index contributed by atoms with van der Waals surface area (Å²) in [6.07, 6.45) is 0. The highest BCUT2D eigenvalue weighted by atomic mass is 16.5. The van der Waals surface area contributed by atoms with Gasteiger partial charge in [0, 0.05) is 79.5 Å². The molecule has 12 aromatic carbocycles. The largest absolute Gasteiger partial charge is 0.458 e. The molecule has 0 unspecified atom stereocenters. The molecule has 0 aliphatic carbocycles. The monoisotopic (exact) mass is 996 g/mol. The van der Waals surface area contributed by atoms with E-state index in [2.05, 4.69) is 317 Å². The first-order valence-electron chi connectivity index (χ1n) is 26.7. The highest BCUT2D eigenvalue weighted by Crippen LogP contribution is 2.51. The number of ether oxygens (including phenoxy) is 1. The zero-order chi connectivity index (χ0) is 51.5. The third-order valence-corrected chi connectivity index (χ3v) is 15.6. The van der Waals surface area contributed by atoms with Crippen LogP contribution in [0.25, 0.3) is 49.7 Å². The number of aromatic nitrogens is 1. The van der Waals surface area contributed by atoms with Crippen LogP contribution < -0.4 is 35.8 Å². The maximum atomic E-state index is 7.58. The summed E-state index contributed by atoms with van der Waals surface area (Å²) in [6, 6.07) is 107. The van der Waals surface area contributed by atoms with Crippen LogP contribution in [0.4, 0.5) is 51.2 Å². The Hall–Kier alpha value is -10.3. The zero-order valence-corrected chi connectivity index (χ0v) is 42.6. The second-order valence-electron chi connectivity index (χ2n) is 20.0. The van der Waals surface area contributed by atoms with Gasteiger partial charge in [-0.15, -0.1) is 0 Å². The Bertz CT molecular complexity index is 4170. The third kappa shape index (κ3) is 7.49. The quantitative estimate of drug-likeness (QED) is 0.127. The van der Waals surface area contributed by atoms with Crippen LogP contribution in [0, 0.1) is 0 Å².